The lowest BCUT2D eigenvalue weighted by atomic mass is 9.95. The zero-order chi connectivity index (χ0) is 30.0. The first-order valence-corrected chi connectivity index (χ1v) is 14.9. The summed E-state index contributed by atoms with van der Waals surface area (Å²) in [6, 6.07) is 11.4. The standard InChI is InChI=1S/C31H32ClN3O6S/c1-18(2)41-30(38)27-19(3)33-31-35(28(27)23-16-21(32)9-12-24(23)39-4)29(37)25(42-31)15-20-7-10-22(11-8-20)40-17-26(36)34-13-5-6-14-34/h7-12,15-16,18,28H,5-6,13-14,17H2,1-4H3/b25-15-/t28-/m0/s1. The second-order valence-electron chi connectivity index (χ2n) is 10.4. The molecule has 3 aromatic rings. The van der Waals surface area contributed by atoms with Gasteiger partial charge in [0.2, 0.25) is 0 Å². The average molecular weight is 610 g/mol. The number of halogens is 1. The van der Waals surface area contributed by atoms with Crippen molar-refractivity contribution in [1.29, 1.82) is 0 Å². The fourth-order valence-electron chi connectivity index (χ4n) is 5.09. The molecule has 1 amide bonds. The highest BCUT2D eigenvalue weighted by Gasteiger charge is 2.35. The normalized spacial score (nSPS) is 16.9. The Bertz CT molecular complexity index is 1720. The number of aromatic nitrogens is 1. The summed E-state index contributed by atoms with van der Waals surface area (Å²) in [6.07, 6.45) is 3.46. The van der Waals surface area contributed by atoms with E-state index >= 15 is 0 Å². The minimum atomic E-state index is -0.854. The second-order valence-corrected chi connectivity index (χ2v) is 11.8. The van der Waals surface area contributed by atoms with Crippen molar-refractivity contribution in [2.45, 2.75) is 45.8 Å². The topological polar surface area (TPSA) is 99.4 Å². The quantitative estimate of drug-likeness (QED) is 0.360. The number of amides is 1. The number of carbonyl (C=O) groups excluding carboxylic acids is 2. The van der Waals surface area contributed by atoms with Crippen molar-refractivity contribution in [2.24, 2.45) is 4.99 Å². The first-order chi connectivity index (χ1) is 20.2. The predicted octanol–water partition coefficient (Wildman–Crippen LogP) is 3.85. The number of hydrogen-bond donors (Lipinski definition) is 0. The van der Waals surface area contributed by atoms with Crippen LogP contribution in [0.3, 0.4) is 0 Å². The molecule has 0 saturated carbocycles. The van der Waals surface area contributed by atoms with E-state index in [1.807, 2.05) is 17.0 Å². The maximum atomic E-state index is 13.9. The highest BCUT2D eigenvalue weighted by molar-refractivity contribution is 7.07. The highest BCUT2D eigenvalue weighted by atomic mass is 35.5. The van der Waals surface area contributed by atoms with E-state index in [1.54, 1.807) is 57.2 Å². The highest BCUT2D eigenvalue weighted by Crippen LogP contribution is 2.37. The van der Waals surface area contributed by atoms with Crippen LogP contribution < -0.4 is 24.4 Å². The van der Waals surface area contributed by atoms with E-state index in [0.717, 1.165) is 31.5 Å². The molecule has 0 N–H and O–H groups in total. The summed E-state index contributed by atoms with van der Waals surface area (Å²) in [7, 11) is 1.52. The van der Waals surface area contributed by atoms with Crippen molar-refractivity contribution in [3.8, 4) is 11.5 Å². The zero-order valence-corrected chi connectivity index (χ0v) is 25.5. The van der Waals surface area contributed by atoms with Gasteiger partial charge in [0.1, 0.15) is 17.5 Å². The number of carbonyl (C=O) groups is 2. The Hall–Kier alpha value is -3.89. The molecule has 3 heterocycles. The molecule has 1 atom stereocenters. The molecule has 2 aliphatic heterocycles. The number of methoxy groups -OCH3 is 1. The summed E-state index contributed by atoms with van der Waals surface area (Å²) in [5.41, 5.74) is 1.70. The van der Waals surface area contributed by atoms with Gasteiger partial charge in [0.05, 0.1) is 29.0 Å². The number of benzene rings is 2. The van der Waals surface area contributed by atoms with E-state index in [1.165, 1.54) is 23.0 Å². The fraction of sp³-hybridized carbons (Fsp3) is 0.355. The van der Waals surface area contributed by atoms with Gasteiger partial charge in [-0.25, -0.2) is 9.79 Å². The van der Waals surface area contributed by atoms with E-state index in [-0.39, 0.29) is 29.8 Å². The average Bonchev–Trinajstić information content (AvgIpc) is 3.60. The summed E-state index contributed by atoms with van der Waals surface area (Å²) in [5, 5.41) is 0.434. The van der Waals surface area contributed by atoms with Crippen LogP contribution in [0.2, 0.25) is 5.02 Å². The molecule has 5 rings (SSSR count). The van der Waals surface area contributed by atoms with Crippen LogP contribution >= 0.6 is 22.9 Å². The van der Waals surface area contributed by atoms with Crippen LogP contribution in [0.5, 0.6) is 11.5 Å². The molecule has 2 aliphatic rings. The number of rotatable bonds is 8. The lowest BCUT2D eigenvalue weighted by Gasteiger charge is -2.26. The number of esters is 1. The van der Waals surface area contributed by atoms with Crippen LogP contribution in [0.4, 0.5) is 0 Å². The minimum absolute atomic E-state index is 0.00810. The number of fused-ring (bicyclic) bond motifs is 1. The fourth-order valence-corrected chi connectivity index (χ4v) is 6.32. The zero-order valence-electron chi connectivity index (χ0n) is 23.9. The molecule has 0 bridgehead atoms. The summed E-state index contributed by atoms with van der Waals surface area (Å²) in [5.74, 6) is 0.461. The Morgan fingerprint density at radius 1 is 1.14 bits per heavy atom. The lowest BCUT2D eigenvalue weighted by molar-refractivity contribution is -0.143. The Morgan fingerprint density at radius 2 is 1.86 bits per heavy atom. The van der Waals surface area contributed by atoms with Crippen molar-refractivity contribution >= 4 is 40.9 Å². The maximum Gasteiger partial charge on any atom is 0.338 e. The predicted molar refractivity (Wildman–Crippen MR) is 161 cm³/mol. The monoisotopic (exact) mass is 609 g/mol. The molecule has 0 unspecified atom stereocenters. The number of hydrogen-bond acceptors (Lipinski definition) is 8. The van der Waals surface area contributed by atoms with E-state index in [0.29, 0.717) is 37.1 Å². The van der Waals surface area contributed by atoms with Gasteiger partial charge >= 0.3 is 5.97 Å². The van der Waals surface area contributed by atoms with Crippen LogP contribution in [0.15, 0.2) is 63.5 Å². The van der Waals surface area contributed by atoms with E-state index in [4.69, 9.17) is 25.8 Å². The third kappa shape index (κ3) is 6.15. The molecular weight excluding hydrogens is 578 g/mol. The summed E-state index contributed by atoms with van der Waals surface area (Å²) >= 11 is 7.60. The van der Waals surface area contributed by atoms with Crippen LogP contribution in [0, 0.1) is 0 Å². The van der Waals surface area contributed by atoms with Crippen LogP contribution in [-0.4, -0.2) is 54.3 Å². The molecule has 0 spiro atoms. The van der Waals surface area contributed by atoms with Crippen molar-refractivity contribution in [3.05, 3.63) is 89.6 Å². The molecule has 42 heavy (non-hydrogen) atoms. The lowest BCUT2D eigenvalue weighted by Crippen LogP contribution is -2.40. The molecule has 1 saturated heterocycles. The van der Waals surface area contributed by atoms with Gasteiger partial charge in [0.25, 0.3) is 11.5 Å². The minimum Gasteiger partial charge on any atom is -0.496 e. The first-order valence-electron chi connectivity index (χ1n) is 13.7. The third-order valence-electron chi connectivity index (χ3n) is 7.07. The summed E-state index contributed by atoms with van der Waals surface area (Å²) in [6.45, 7) is 6.81. The number of ether oxygens (including phenoxy) is 3. The van der Waals surface area contributed by atoms with Gasteiger partial charge in [-0.3, -0.25) is 14.2 Å². The Kier molecular flexibility index (Phi) is 8.84. The number of thiazole rings is 1. The smallest absolute Gasteiger partial charge is 0.338 e. The van der Waals surface area contributed by atoms with Gasteiger partial charge in [0, 0.05) is 23.7 Å². The number of likely N-dealkylation sites (tertiary alicyclic amines) is 1. The second kappa shape index (κ2) is 12.5. The molecule has 9 nitrogen and oxygen atoms in total. The van der Waals surface area contributed by atoms with Gasteiger partial charge in [-0.1, -0.05) is 35.1 Å². The van der Waals surface area contributed by atoms with Crippen LogP contribution in [0.1, 0.15) is 50.8 Å². The van der Waals surface area contributed by atoms with Crippen molar-refractivity contribution in [2.75, 3.05) is 26.8 Å². The number of allylic oxidation sites excluding steroid dienone is 1. The molecule has 220 valence electrons. The SMILES string of the molecule is COc1ccc(Cl)cc1[C@H]1C(C(=O)OC(C)C)=C(C)N=c2s/c(=C\c3ccc(OCC(=O)N4CCCC4)cc3)c(=O)n21. The van der Waals surface area contributed by atoms with Crippen molar-refractivity contribution in [3.63, 3.8) is 0 Å². The summed E-state index contributed by atoms with van der Waals surface area (Å²) < 4.78 is 18.8. The Labute approximate surface area is 252 Å². The Balaban J connectivity index is 1.51. The van der Waals surface area contributed by atoms with Gasteiger partial charge < -0.3 is 19.1 Å². The largest absolute Gasteiger partial charge is 0.496 e. The number of nitrogens with zero attached hydrogens (tertiary/aromatic N) is 3. The summed E-state index contributed by atoms with van der Waals surface area (Å²) in [4.78, 5) is 46.4. The van der Waals surface area contributed by atoms with E-state index in [2.05, 4.69) is 4.99 Å². The molecular formula is C31H32ClN3O6S. The molecule has 11 heteroatoms. The molecule has 2 aromatic carbocycles. The van der Waals surface area contributed by atoms with Gasteiger partial charge in [-0.2, -0.15) is 0 Å². The maximum absolute atomic E-state index is 13.9. The van der Waals surface area contributed by atoms with Crippen LogP contribution in [0.25, 0.3) is 6.08 Å². The Morgan fingerprint density at radius 3 is 2.52 bits per heavy atom. The third-order valence-corrected chi connectivity index (χ3v) is 8.29. The first kappa shape index (κ1) is 29.6. The molecule has 1 aromatic heterocycles. The van der Waals surface area contributed by atoms with Crippen molar-refractivity contribution < 1.29 is 23.8 Å². The van der Waals surface area contributed by atoms with E-state index < -0.39 is 12.0 Å². The van der Waals surface area contributed by atoms with Gasteiger partial charge in [-0.15, -0.1) is 0 Å². The van der Waals surface area contributed by atoms with Gasteiger partial charge in [0.15, 0.2) is 11.4 Å². The molecule has 0 radical (unpaired) electrons. The molecule has 0 aliphatic carbocycles. The van der Waals surface area contributed by atoms with Crippen molar-refractivity contribution in [1.82, 2.24) is 9.47 Å². The van der Waals surface area contributed by atoms with E-state index in [9.17, 15) is 14.4 Å². The molecule has 1 fully saturated rings. The van der Waals surface area contributed by atoms with Crippen LogP contribution in [-0.2, 0) is 14.3 Å². The van der Waals surface area contributed by atoms with Gasteiger partial charge in [-0.05, 0) is 75.6 Å².